The van der Waals surface area contributed by atoms with Crippen molar-refractivity contribution in [3.05, 3.63) is 67.3 Å². The molecule has 0 unspecified atom stereocenters. The lowest BCUT2D eigenvalue weighted by Gasteiger charge is -2.27. The molecule has 34 heavy (non-hydrogen) atoms. The van der Waals surface area contributed by atoms with E-state index in [0.29, 0.717) is 0 Å². The summed E-state index contributed by atoms with van der Waals surface area (Å²) in [6.07, 6.45) is 8.63. The van der Waals surface area contributed by atoms with Gasteiger partial charge in [0, 0.05) is 38.3 Å². The molecule has 0 aromatic carbocycles. The van der Waals surface area contributed by atoms with Gasteiger partial charge >= 0.3 is 0 Å². The number of aromatic nitrogens is 8. The number of rotatable bonds is 2. The minimum absolute atomic E-state index is 0.263. The first kappa shape index (κ1) is 23.5. The van der Waals surface area contributed by atoms with Crippen LogP contribution in [-0.4, -0.2) is 53.0 Å². The quantitative estimate of drug-likeness (QED) is 0.315. The van der Waals surface area contributed by atoms with Gasteiger partial charge in [-0.3, -0.25) is 0 Å². The molecule has 6 rings (SSSR count). The molecule has 0 spiro atoms. The Balaban J connectivity index is 0.000000142. The van der Waals surface area contributed by atoms with Gasteiger partial charge in [0.05, 0.1) is 57.5 Å². The molecule has 0 radical (unpaired) electrons. The van der Waals surface area contributed by atoms with Crippen molar-refractivity contribution >= 4 is 66.7 Å². The van der Waals surface area contributed by atoms with E-state index in [-0.39, 0.29) is 10.6 Å². The van der Waals surface area contributed by atoms with Gasteiger partial charge in [0.1, 0.15) is 11.6 Å². The van der Waals surface area contributed by atoms with E-state index in [2.05, 4.69) is 81.5 Å². The van der Waals surface area contributed by atoms with Gasteiger partial charge in [-0.05, 0) is 55.1 Å². The van der Waals surface area contributed by atoms with Crippen LogP contribution in [0.2, 0.25) is 10.6 Å². The fourth-order valence-corrected chi connectivity index (χ4v) is 5.05. The zero-order chi connectivity index (χ0) is 23.7. The van der Waals surface area contributed by atoms with Crippen LogP contribution in [0.15, 0.2) is 34.0 Å². The Morgan fingerprint density at radius 1 is 0.706 bits per heavy atom. The second-order valence-corrected chi connectivity index (χ2v) is 10.0. The normalized spacial score (nSPS) is 14.8. The topological polar surface area (TPSA) is 115 Å². The molecule has 0 saturated heterocycles. The molecule has 176 valence electrons. The fourth-order valence-electron chi connectivity index (χ4n) is 3.90. The summed E-state index contributed by atoms with van der Waals surface area (Å²) in [6, 6.07) is 0. The number of halogens is 4. The molecule has 14 heteroatoms. The van der Waals surface area contributed by atoms with Crippen molar-refractivity contribution in [1.29, 1.82) is 0 Å². The molecule has 2 N–H and O–H groups in total. The molecule has 4 aromatic heterocycles. The first-order valence-corrected chi connectivity index (χ1v) is 12.7. The molecule has 6 heterocycles. The lowest BCUT2D eigenvalue weighted by atomic mass is 10.1. The number of nitrogens with one attached hydrogen (secondary N) is 2. The van der Waals surface area contributed by atoms with E-state index >= 15 is 0 Å². The molecule has 0 bridgehead atoms. The van der Waals surface area contributed by atoms with Gasteiger partial charge in [-0.15, -0.1) is 0 Å². The summed E-state index contributed by atoms with van der Waals surface area (Å²) in [5.41, 5.74) is 4.55. The van der Waals surface area contributed by atoms with Crippen molar-refractivity contribution in [2.24, 2.45) is 0 Å². The van der Waals surface area contributed by atoms with Gasteiger partial charge in [0.25, 0.3) is 0 Å². The van der Waals surface area contributed by atoms with Crippen molar-refractivity contribution in [2.45, 2.75) is 25.9 Å². The number of hydrogen-bond acceptors (Lipinski definition) is 8. The molecular weight excluding hydrogens is 611 g/mol. The Hall–Kier alpha value is -2.28. The smallest absolute Gasteiger partial charge is 0.224 e. The van der Waals surface area contributed by atoms with Gasteiger partial charge in [0.2, 0.25) is 10.6 Å². The van der Waals surface area contributed by atoms with Crippen LogP contribution in [0.3, 0.4) is 0 Å². The van der Waals surface area contributed by atoms with Crippen LogP contribution in [0.1, 0.15) is 22.8 Å². The first-order chi connectivity index (χ1) is 16.5. The van der Waals surface area contributed by atoms with Crippen LogP contribution in [-0.2, 0) is 25.9 Å². The van der Waals surface area contributed by atoms with E-state index in [0.717, 1.165) is 82.4 Å². The molecule has 2 aliphatic heterocycles. The van der Waals surface area contributed by atoms with Crippen LogP contribution in [0.4, 0.5) is 11.6 Å². The highest BCUT2D eigenvalue weighted by Crippen LogP contribution is 2.29. The van der Waals surface area contributed by atoms with E-state index in [4.69, 9.17) is 23.2 Å². The minimum atomic E-state index is 0.263. The van der Waals surface area contributed by atoms with Crippen molar-refractivity contribution in [3.63, 3.8) is 0 Å². The largest absolute Gasteiger partial charge is 0.349 e. The van der Waals surface area contributed by atoms with Crippen molar-refractivity contribution in [2.75, 3.05) is 22.9 Å². The van der Waals surface area contributed by atoms with Crippen molar-refractivity contribution in [1.82, 2.24) is 39.9 Å². The second-order valence-electron chi connectivity index (χ2n) is 7.62. The van der Waals surface area contributed by atoms with Crippen LogP contribution in [0.25, 0.3) is 0 Å². The molecule has 0 fully saturated rings. The third kappa shape index (κ3) is 5.04. The highest BCUT2D eigenvalue weighted by Gasteiger charge is 2.22. The molecule has 0 amide bonds. The number of fused-ring (bicyclic) bond motifs is 2. The van der Waals surface area contributed by atoms with Crippen LogP contribution < -0.4 is 9.80 Å². The van der Waals surface area contributed by atoms with E-state index < -0.39 is 0 Å². The monoisotopic (exact) mass is 626 g/mol. The molecule has 0 saturated carbocycles. The Bertz CT molecular complexity index is 1210. The Morgan fingerprint density at radius 3 is 1.59 bits per heavy atom. The van der Waals surface area contributed by atoms with E-state index in [1.54, 1.807) is 25.0 Å². The second kappa shape index (κ2) is 10.1. The average molecular weight is 629 g/mol. The summed E-state index contributed by atoms with van der Waals surface area (Å²) in [5.74, 6) is 1.65. The zero-order valence-electron chi connectivity index (χ0n) is 17.6. The van der Waals surface area contributed by atoms with Gasteiger partial charge in [-0.1, -0.05) is 0 Å². The maximum Gasteiger partial charge on any atom is 0.224 e. The Labute approximate surface area is 221 Å². The van der Waals surface area contributed by atoms with Crippen molar-refractivity contribution < 1.29 is 0 Å². The molecular formula is C20H18Br2Cl2N10. The Morgan fingerprint density at radius 2 is 1.15 bits per heavy atom. The van der Waals surface area contributed by atoms with Gasteiger partial charge in [-0.2, -0.15) is 9.97 Å². The number of nitrogens with zero attached hydrogens (tertiary/aromatic N) is 8. The Kier molecular flexibility index (Phi) is 7.00. The van der Waals surface area contributed by atoms with Crippen LogP contribution in [0.5, 0.6) is 0 Å². The molecule has 4 aromatic rings. The maximum absolute atomic E-state index is 5.83. The molecule has 2 aliphatic rings. The summed E-state index contributed by atoms with van der Waals surface area (Å²) < 4.78 is 1.70. The number of H-pyrrole nitrogens is 2. The number of hydrogen-bond donors (Lipinski definition) is 2. The summed E-state index contributed by atoms with van der Waals surface area (Å²) in [7, 11) is 0. The lowest BCUT2D eigenvalue weighted by molar-refractivity contribution is 0.698. The van der Waals surface area contributed by atoms with Crippen LogP contribution >= 0.6 is 55.1 Å². The van der Waals surface area contributed by atoms with E-state index in [9.17, 15) is 0 Å². The third-order valence-corrected chi connectivity index (χ3v) is 7.02. The summed E-state index contributed by atoms with van der Waals surface area (Å²) in [5, 5.41) is 0.525. The predicted octanol–water partition coefficient (Wildman–Crippen LogP) is 4.36. The molecule has 0 aliphatic carbocycles. The van der Waals surface area contributed by atoms with E-state index in [1.807, 2.05) is 0 Å². The maximum atomic E-state index is 5.83. The summed E-state index contributed by atoms with van der Waals surface area (Å²) in [6.45, 7) is 3.29. The highest BCUT2D eigenvalue weighted by molar-refractivity contribution is 9.11. The van der Waals surface area contributed by atoms with Crippen molar-refractivity contribution in [3.8, 4) is 0 Å². The van der Waals surface area contributed by atoms with Gasteiger partial charge < -0.3 is 19.8 Å². The third-order valence-electron chi connectivity index (χ3n) is 5.54. The van der Waals surface area contributed by atoms with Gasteiger partial charge in [-0.25, -0.2) is 19.9 Å². The average Bonchev–Trinajstić information content (AvgIpc) is 3.51. The van der Waals surface area contributed by atoms with E-state index in [1.165, 1.54) is 0 Å². The highest BCUT2D eigenvalue weighted by atomic mass is 79.9. The number of imidazole rings is 2. The predicted molar refractivity (Wildman–Crippen MR) is 136 cm³/mol. The van der Waals surface area contributed by atoms with Crippen LogP contribution in [0, 0.1) is 0 Å². The number of aromatic amines is 2. The fraction of sp³-hybridized carbons (Fsp3) is 0.300. The minimum Gasteiger partial charge on any atom is -0.349 e. The SMILES string of the molecule is Clc1ncc(Br)c(N2CCc3nc[nH]c3C2)n1.Clc1ncc(Br)c(N2CCc3nc[nH]c3C2)n1. The first-order valence-electron chi connectivity index (χ1n) is 10.4. The molecule has 0 atom stereocenters. The lowest BCUT2D eigenvalue weighted by Crippen LogP contribution is -2.31. The zero-order valence-corrected chi connectivity index (χ0v) is 22.3. The standard InChI is InChI=1S/2C10H9BrClN5/c2*11-6-3-13-10(12)16-9(6)17-2-1-7-8(4-17)15-5-14-7/h2*3,5H,1-2,4H2,(H,14,15). The summed E-state index contributed by atoms with van der Waals surface area (Å²) >= 11 is 18.5. The molecule has 10 nitrogen and oxygen atoms in total. The number of anilines is 2. The van der Waals surface area contributed by atoms with Gasteiger partial charge in [0.15, 0.2) is 0 Å². The summed E-state index contributed by atoms with van der Waals surface area (Å²) in [4.78, 5) is 35.5.